The zero-order valence-electron chi connectivity index (χ0n) is 15.2. The molecule has 0 saturated heterocycles. The Hall–Kier alpha value is -1.57. The lowest BCUT2D eigenvalue weighted by molar-refractivity contribution is -0.223. The summed E-state index contributed by atoms with van der Waals surface area (Å²) in [5.41, 5.74) is 0. The molecule has 1 aromatic rings. The Morgan fingerprint density at radius 1 is 1.11 bits per heavy atom. The van der Waals surface area contributed by atoms with E-state index in [1.165, 1.54) is 0 Å². The molecule has 2 nitrogen and oxygen atoms in total. The molecule has 0 radical (unpaired) electrons. The fourth-order valence-electron chi connectivity index (χ4n) is 3.32. The lowest BCUT2D eigenvalue weighted by atomic mass is 9.79. The van der Waals surface area contributed by atoms with Gasteiger partial charge in [-0.05, 0) is 31.6 Å². The minimum absolute atomic E-state index is 0.216. The van der Waals surface area contributed by atoms with Crippen LogP contribution >= 0.6 is 11.6 Å². The highest BCUT2D eigenvalue weighted by Crippen LogP contribution is 2.42. The van der Waals surface area contributed by atoms with Gasteiger partial charge in [-0.15, -0.1) is 0 Å². The molecule has 0 aliphatic heterocycles. The van der Waals surface area contributed by atoms with Crippen molar-refractivity contribution in [3.63, 3.8) is 0 Å². The Labute approximate surface area is 164 Å². The molecule has 28 heavy (non-hydrogen) atoms. The second-order valence-electron chi connectivity index (χ2n) is 6.85. The summed E-state index contributed by atoms with van der Waals surface area (Å²) >= 11 is 5.75. The van der Waals surface area contributed by atoms with E-state index < -0.39 is 40.5 Å². The summed E-state index contributed by atoms with van der Waals surface area (Å²) in [4.78, 5) is 0. The number of hydrogen-bond acceptors (Lipinski definition) is 2. The van der Waals surface area contributed by atoms with Gasteiger partial charge in [0.05, 0.1) is 23.3 Å². The third-order valence-corrected chi connectivity index (χ3v) is 4.97. The van der Waals surface area contributed by atoms with E-state index in [9.17, 15) is 26.3 Å². The van der Waals surface area contributed by atoms with Crippen LogP contribution in [0.4, 0.5) is 26.3 Å². The molecule has 0 bridgehead atoms. The van der Waals surface area contributed by atoms with Crippen LogP contribution in [0.3, 0.4) is 0 Å². The van der Waals surface area contributed by atoms with Gasteiger partial charge in [0.25, 0.3) is 0 Å². The monoisotopic (exact) mass is 430 g/mol. The third-order valence-electron chi connectivity index (χ3n) is 4.69. The van der Waals surface area contributed by atoms with Gasteiger partial charge < -0.3 is 9.47 Å². The zero-order valence-corrected chi connectivity index (χ0v) is 15.9. The first-order valence-electron chi connectivity index (χ1n) is 8.98. The highest BCUT2D eigenvalue weighted by molar-refractivity contribution is 6.32. The summed E-state index contributed by atoms with van der Waals surface area (Å²) in [6.45, 7) is 2.05. The van der Waals surface area contributed by atoms with Crippen molar-refractivity contribution in [2.24, 2.45) is 11.8 Å². The Kier molecular flexibility index (Phi) is 7.53. The number of benzene rings is 1. The largest absolute Gasteiger partial charge is 0.460 e. The topological polar surface area (TPSA) is 18.5 Å². The molecule has 1 aromatic carbocycles. The fourth-order valence-corrected chi connectivity index (χ4v) is 3.57. The molecule has 1 aliphatic carbocycles. The highest BCUT2D eigenvalue weighted by Gasteiger charge is 2.44. The van der Waals surface area contributed by atoms with Crippen LogP contribution in [-0.2, 0) is 0 Å². The van der Waals surface area contributed by atoms with Gasteiger partial charge in [-0.1, -0.05) is 31.4 Å². The van der Waals surface area contributed by atoms with Crippen molar-refractivity contribution in [3.8, 4) is 11.5 Å². The van der Waals surface area contributed by atoms with Crippen LogP contribution in [0, 0.1) is 17.7 Å². The van der Waals surface area contributed by atoms with Crippen molar-refractivity contribution < 1.29 is 35.8 Å². The molecule has 2 rings (SSSR count). The molecular formula is C19H21ClF6O2. The van der Waals surface area contributed by atoms with E-state index in [-0.39, 0.29) is 12.3 Å². The first-order valence-corrected chi connectivity index (χ1v) is 9.36. The third kappa shape index (κ3) is 6.50. The highest BCUT2D eigenvalue weighted by atomic mass is 35.5. The van der Waals surface area contributed by atoms with Crippen molar-refractivity contribution in [1.29, 1.82) is 0 Å². The Balaban J connectivity index is 2.04. The molecular weight excluding hydrogens is 410 g/mol. The maximum Gasteiger partial charge on any atom is 0.412 e. The first kappa shape index (κ1) is 22.7. The molecule has 0 spiro atoms. The second-order valence-corrected chi connectivity index (χ2v) is 7.26. The van der Waals surface area contributed by atoms with Crippen LogP contribution in [0.2, 0.25) is 5.02 Å². The summed E-state index contributed by atoms with van der Waals surface area (Å²) in [6, 6.07) is 1.50. The molecule has 0 heterocycles. The fraction of sp³-hybridized carbons (Fsp3) is 0.579. The quantitative estimate of drug-likeness (QED) is 0.329. The lowest BCUT2D eigenvalue weighted by Gasteiger charge is -2.33. The number of hydrogen-bond donors (Lipinski definition) is 0. The Morgan fingerprint density at radius 2 is 1.75 bits per heavy atom. The van der Waals surface area contributed by atoms with Gasteiger partial charge >= 0.3 is 12.3 Å². The molecule has 1 saturated carbocycles. The van der Waals surface area contributed by atoms with E-state index in [1.54, 1.807) is 0 Å². The average molecular weight is 431 g/mol. The lowest BCUT2D eigenvalue weighted by Crippen LogP contribution is -2.37. The van der Waals surface area contributed by atoms with Crippen molar-refractivity contribution in [1.82, 2.24) is 0 Å². The second kappa shape index (κ2) is 9.29. The van der Waals surface area contributed by atoms with Crippen LogP contribution in [0.5, 0.6) is 11.5 Å². The summed E-state index contributed by atoms with van der Waals surface area (Å²) in [6.07, 6.45) is -4.21. The molecule has 1 aliphatic rings. The van der Waals surface area contributed by atoms with Gasteiger partial charge in [0.15, 0.2) is 11.6 Å². The maximum atomic E-state index is 14.5. The number of rotatable bonds is 7. The predicted octanol–water partition coefficient (Wildman–Crippen LogP) is 7.51. The Bertz CT molecular complexity index is 658. The zero-order chi connectivity index (χ0) is 20.9. The van der Waals surface area contributed by atoms with E-state index in [4.69, 9.17) is 16.3 Å². The molecule has 1 fully saturated rings. The molecule has 0 atom stereocenters. The number of ether oxygens (including phenoxy) is 2. The van der Waals surface area contributed by atoms with E-state index in [2.05, 4.69) is 4.74 Å². The van der Waals surface area contributed by atoms with E-state index >= 15 is 0 Å². The summed E-state index contributed by atoms with van der Waals surface area (Å²) in [7, 11) is 0. The summed E-state index contributed by atoms with van der Waals surface area (Å²) in [5, 5.41) is -0.482. The number of allylic oxidation sites excluding steroid dienone is 1. The molecule has 0 N–H and O–H groups in total. The maximum absolute atomic E-state index is 14.5. The van der Waals surface area contributed by atoms with E-state index in [1.807, 2.05) is 6.92 Å². The number of halogens is 7. The van der Waals surface area contributed by atoms with Crippen LogP contribution in [0.1, 0.15) is 45.4 Å². The van der Waals surface area contributed by atoms with Crippen molar-refractivity contribution in [3.05, 3.63) is 35.3 Å². The standard InChI is InChI=1S/C19H21ClF6O2/c1-2-3-12-4-6-13(7-5-12)19(25,26)28-14-10-15(20)17(16(21)11-14)27-9-8-18(22,23)24/h8-13H,2-7H2,1H3/b9-8+. The molecule has 0 aromatic heterocycles. The minimum Gasteiger partial charge on any atom is -0.460 e. The minimum atomic E-state index is -4.65. The predicted molar refractivity (Wildman–Crippen MR) is 93.2 cm³/mol. The molecule has 0 unspecified atom stereocenters. The van der Waals surface area contributed by atoms with E-state index in [0.29, 0.717) is 37.7 Å². The van der Waals surface area contributed by atoms with Crippen LogP contribution in [-0.4, -0.2) is 12.3 Å². The van der Waals surface area contributed by atoms with Gasteiger partial charge in [0.1, 0.15) is 5.75 Å². The van der Waals surface area contributed by atoms with Gasteiger partial charge in [-0.25, -0.2) is 4.39 Å². The average Bonchev–Trinajstić information content (AvgIpc) is 2.57. The summed E-state index contributed by atoms with van der Waals surface area (Å²) < 4.78 is 88.3. The molecule has 158 valence electrons. The van der Waals surface area contributed by atoms with Gasteiger partial charge in [0.2, 0.25) is 0 Å². The van der Waals surface area contributed by atoms with Crippen molar-refractivity contribution >= 4 is 11.6 Å². The molecule has 9 heteroatoms. The summed E-state index contributed by atoms with van der Waals surface area (Å²) in [5.74, 6) is -3.00. The SMILES string of the molecule is CCCC1CCC(C(F)(F)Oc2cc(F)c(O/C=C/C(F)(F)F)c(Cl)c2)CC1. The van der Waals surface area contributed by atoms with Gasteiger partial charge in [0, 0.05) is 12.1 Å². The number of alkyl halides is 5. The van der Waals surface area contributed by atoms with Crippen LogP contribution in [0.25, 0.3) is 0 Å². The van der Waals surface area contributed by atoms with E-state index in [0.717, 1.165) is 18.9 Å². The van der Waals surface area contributed by atoms with Crippen LogP contribution < -0.4 is 9.47 Å². The van der Waals surface area contributed by atoms with Crippen molar-refractivity contribution in [2.75, 3.05) is 0 Å². The van der Waals surface area contributed by atoms with Gasteiger partial charge in [-0.2, -0.15) is 22.0 Å². The van der Waals surface area contributed by atoms with Crippen molar-refractivity contribution in [2.45, 2.75) is 57.7 Å². The van der Waals surface area contributed by atoms with Crippen LogP contribution in [0.15, 0.2) is 24.5 Å². The molecule has 0 amide bonds. The smallest absolute Gasteiger partial charge is 0.412 e. The Morgan fingerprint density at radius 3 is 2.29 bits per heavy atom. The first-order chi connectivity index (χ1) is 13.0. The van der Waals surface area contributed by atoms with Gasteiger partial charge in [-0.3, -0.25) is 0 Å². The normalized spacial score (nSPS) is 21.1.